The SMILES string of the molecule is CNCCCC[C@H](NC(=O)[C@H](CCCN=C(N)N)NC(=O)[C@H](C)NC(=O)[C@@H](NC(=O)[C@H](CCC(N)=O)NC(=O)[C@H](CCCCN)NC(=O)[C@@H](NC(=O)[C@@H](N)CCCN=C(N)N)[C@@H](C)O)[C@@H](C)O)C(=O)N[C@H](C=O)CO. The van der Waals surface area contributed by atoms with Crippen molar-refractivity contribution < 1.29 is 63.3 Å². The third-order valence-electron chi connectivity index (χ3n) is 11.1. The fourth-order valence-corrected chi connectivity index (χ4v) is 6.86. The number of aldehydes is 1. The first-order valence-corrected chi connectivity index (χ1v) is 24.7. The molecule has 428 valence electrons. The van der Waals surface area contributed by atoms with E-state index in [4.69, 9.17) is 40.1 Å². The second kappa shape index (κ2) is 37.9. The van der Waals surface area contributed by atoms with Gasteiger partial charge in [0.15, 0.2) is 11.9 Å². The van der Waals surface area contributed by atoms with Crippen LogP contribution < -0.4 is 88.0 Å². The van der Waals surface area contributed by atoms with Crippen LogP contribution in [-0.4, -0.2) is 193 Å². The lowest BCUT2D eigenvalue weighted by atomic mass is 10.0. The van der Waals surface area contributed by atoms with E-state index in [0.717, 1.165) is 6.92 Å². The largest absolute Gasteiger partial charge is 0.394 e. The molecule has 0 aromatic heterocycles. The van der Waals surface area contributed by atoms with Crippen molar-refractivity contribution in [2.75, 3.05) is 39.8 Å². The summed E-state index contributed by atoms with van der Waals surface area (Å²) in [6.45, 7) is 3.86. The predicted molar refractivity (Wildman–Crippen MR) is 275 cm³/mol. The summed E-state index contributed by atoms with van der Waals surface area (Å²) in [5, 5.41) is 52.9. The van der Waals surface area contributed by atoms with E-state index in [-0.39, 0.29) is 70.1 Å². The predicted octanol–water partition coefficient (Wildman–Crippen LogP) is -8.94. The van der Waals surface area contributed by atoms with Gasteiger partial charge in [0, 0.05) is 19.5 Å². The van der Waals surface area contributed by atoms with Crippen molar-refractivity contribution in [2.45, 2.75) is 164 Å². The van der Waals surface area contributed by atoms with Crippen molar-refractivity contribution >= 4 is 71.4 Å². The lowest BCUT2D eigenvalue weighted by Gasteiger charge is -2.28. The van der Waals surface area contributed by atoms with Crippen LogP contribution in [0.2, 0.25) is 0 Å². The molecule has 0 spiro atoms. The highest BCUT2D eigenvalue weighted by Gasteiger charge is 2.36. The fourth-order valence-electron chi connectivity index (χ4n) is 6.86. The number of hydrogen-bond acceptors (Lipinski definition) is 18. The van der Waals surface area contributed by atoms with E-state index in [1.54, 1.807) is 7.05 Å². The van der Waals surface area contributed by atoms with Crippen molar-refractivity contribution in [3.63, 3.8) is 0 Å². The summed E-state index contributed by atoms with van der Waals surface area (Å²) in [7, 11) is 1.73. The van der Waals surface area contributed by atoms with Gasteiger partial charge < -0.3 is 108 Å². The number of carbonyl (C=O) groups excluding carboxylic acids is 10. The molecule has 0 saturated carbocycles. The van der Waals surface area contributed by atoms with E-state index in [0.29, 0.717) is 38.5 Å². The molecular weight excluding hydrogens is 989 g/mol. The zero-order chi connectivity index (χ0) is 57.2. The number of amides is 9. The Morgan fingerprint density at radius 3 is 1.39 bits per heavy atom. The number of aliphatic hydroxyl groups is 3. The molecule has 0 unspecified atom stereocenters. The molecule has 11 atom stereocenters. The van der Waals surface area contributed by atoms with Gasteiger partial charge in [-0.05, 0) is 112 Å². The van der Waals surface area contributed by atoms with Crippen molar-refractivity contribution in [1.29, 1.82) is 0 Å². The lowest BCUT2D eigenvalue weighted by molar-refractivity contribution is -0.137. The topological polar surface area (TPSA) is 547 Å². The van der Waals surface area contributed by atoms with E-state index in [1.165, 1.54) is 13.8 Å². The number of guanidine groups is 2. The van der Waals surface area contributed by atoms with Gasteiger partial charge in [-0.1, -0.05) is 0 Å². The maximum absolute atomic E-state index is 13.9. The van der Waals surface area contributed by atoms with Gasteiger partial charge in [-0.3, -0.25) is 53.1 Å². The molecule has 0 aliphatic rings. The Morgan fingerprint density at radius 1 is 0.520 bits per heavy atom. The Morgan fingerprint density at radius 2 is 0.933 bits per heavy atom. The van der Waals surface area contributed by atoms with Crippen LogP contribution in [0.1, 0.15) is 97.8 Å². The zero-order valence-corrected chi connectivity index (χ0v) is 43.3. The number of rotatable bonds is 40. The Bertz CT molecular complexity index is 1900. The average Bonchev–Trinajstić information content (AvgIpc) is 3.34. The third kappa shape index (κ3) is 29.0. The molecule has 0 heterocycles. The lowest BCUT2D eigenvalue weighted by Crippen LogP contribution is -2.62. The monoisotopic (exact) mass is 1070 g/mol. The van der Waals surface area contributed by atoms with Crippen molar-refractivity contribution in [1.82, 2.24) is 47.9 Å². The molecule has 9 amide bonds. The number of aliphatic imine (C=N–C) groups is 2. The fraction of sp³-hybridized carbons (Fsp3) is 0.727. The summed E-state index contributed by atoms with van der Waals surface area (Å²) in [4.78, 5) is 139. The molecule has 0 bridgehead atoms. The molecule has 75 heavy (non-hydrogen) atoms. The Hall–Kier alpha value is -6.80. The van der Waals surface area contributed by atoms with E-state index >= 15 is 0 Å². The van der Waals surface area contributed by atoms with E-state index in [1.807, 2.05) is 0 Å². The molecule has 0 rings (SSSR count). The Balaban J connectivity index is 6.45. The number of hydrogen-bond donors (Lipinski definition) is 19. The van der Waals surface area contributed by atoms with Gasteiger partial charge in [0.05, 0.1) is 24.9 Å². The van der Waals surface area contributed by atoms with Crippen LogP contribution in [0, 0.1) is 0 Å². The number of aliphatic hydroxyl groups excluding tert-OH is 3. The molecular formula is C44H84N18O13. The van der Waals surface area contributed by atoms with Gasteiger partial charge in [-0.25, -0.2) is 0 Å². The van der Waals surface area contributed by atoms with E-state index in [2.05, 4.69) is 57.8 Å². The normalized spacial score (nSPS) is 15.4. The quantitative estimate of drug-likeness (QED) is 0.0117. The first-order chi connectivity index (χ1) is 35.3. The highest BCUT2D eigenvalue weighted by molar-refractivity contribution is 5.98. The molecule has 0 aromatic rings. The Kier molecular flexibility index (Phi) is 34.4. The molecule has 31 nitrogen and oxygen atoms in total. The van der Waals surface area contributed by atoms with Gasteiger partial charge in [-0.15, -0.1) is 0 Å². The van der Waals surface area contributed by atoms with Gasteiger partial charge in [0.2, 0.25) is 53.2 Å². The molecule has 0 aliphatic heterocycles. The van der Waals surface area contributed by atoms with Gasteiger partial charge in [-0.2, -0.15) is 0 Å². The number of nitrogens with one attached hydrogen (secondary N) is 9. The molecule has 0 aromatic carbocycles. The minimum absolute atomic E-state index is 0.0315. The standard InChI is InChI=1S/C44H84N18O13/c1-23(35(68)57-30(14-10-20-54-44(50)51)39(72)58-28(13-6-8-18-52-4)37(70)56-26(21-63)22-64)55-41(74)33(24(2)65)62-40(73)31(15-16-32(47)67)59-38(71)29(12-5-7-17-45)60-42(75)34(25(3)66)61-36(69)27(46)11-9-19-53-43(48)49/h21,23-31,33-34,52,64-66H,5-20,22,45-46H2,1-4H3,(H2,47,67)(H,55,74)(H,56,70)(H,57,68)(H,58,72)(H,59,71)(H,60,75)(H,61,69)(H,62,73)(H4,48,49,53)(H4,50,51,54)/t23-,24+,25+,26+,27-,28-,29-,30-,31-,33-,34-/m0/s1. The minimum atomic E-state index is -1.82. The molecule has 0 radical (unpaired) electrons. The number of primary amides is 1. The summed E-state index contributed by atoms with van der Waals surface area (Å²) in [5.74, 6) is -8.85. The first kappa shape index (κ1) is 68.2. The van der Waals surface area contributed by atoms with Crippen LogP contribution in [0.4, 0.5) is 0 Å². The smallest absolute Gasteiger partial charge is 0.245 e. The maximum Gasteiger partial charge on any atom is 0.245 e. The second-order valence-corrected chi connectivity index (χ2v) is 17.8. The zero-order valence-electron chi connectivity index (χ0n) is 43.3. The van der Waals surface area contributed by atoms with E-state index in [9.17, 15) is 63.3 Å². The molecule has 0 saturated heterocycles. The highest BCUT2D eigenvalue weighted by Crippen LogP contribution is 2.09. The van der Waals surface area contributed by atoms with Crippen molar-refractivity contribution in [2.24, 2.45) is 50.1 Å². The van der Waals surface area contributed by atoms with Crippen LogP contribution in [0.5, 0.6) is 0 Å². The number of carbonyl (C=O) groups is 10. The van der Waals surface area contributed by atoms with Gasteiger partial charge in [0.25, 0.3) is 0 Å². The maximum atomic E-state index is 13.9. The van der Waals surface area contributed by atoms with Crippen LogP contribution in [0.25, 0.3) is 0 Å². The Labute approximate surface area is 436 Å². The van der Waals surface area contributed by atoms with Crippen molar-refractivity contribution in [3.8, 4) is 0 Å². The summed E-state index contributed by atoms with van der Waals surface area (Å²) < 4.78 is 0. The average molecular weight is 1070 g/mol. The molecule has 26 N–H and O–H groups in total. The number of nitrogens with two attached hydrogens (primary N) is 7. The minimum Gasteiger partial charge on any atom is -0.394 e. The summed E-state index contributed by atoms with van der Waals surface area (Å²) in [6, 6.07) is -12.9. The number of unbranched alkanes of at least 4 members (excludes halogenated alkanes) is 2. The molecule has 0 aliphatic carbocycles. The van der Waals surface area contributed by atoms with E-state index < -0.39 is 139 Å². The van der Waals surface area contributed by atoms with Crippen LogP contribution in [0.3, 0.4) is 0 Å². The summed E-state index contributed by atoms with van der Waals surface area (Å²) >= 11 is 0. The van der Waals surface area contributed by atoms with Crippen LogP contribution in [0.15, 0.2) is 9.98 Å². The van der Waals surface area contributed by atoms with Gasteiger partial charge >= 0.3 is 0 Å². The van der Waals surface area contributed by atoms with Crippen LogP contribution >= 0.6 is 0 Å². The van der Waals surface area contributed by atoms with Crippen LogP contribution in [-0.2, 0) is 47.9 Å². The highest BCUT2D eigenvalue weighted by atomic mass is 16.3. The summed E-state index contributed by atoms with van der Waals surface area (Å²) in [5.41, 5.74) is 38.5. The van der Waals surface area contributed by atoms with Gasteiger partial charge in [0.1, 0.15) is 54.6 Å². The van der Waals surface area contributed by atoms with Crippen molar-refractivity contribution in [3.05, 3.63) is 0 Å². The summed E-state index contributed by atoms with van der Waals surface area (Å²) in [6.07, 6.45) is -1.55. The third-order valence-corrected chi connectivity index (χ3v) is 11.1. The molecule has 0 fully saturated rings. The number of nitrogens with zero attached hydrogens (tertiary/aromatic N) is 2. The molecule has 31 heteroatoms. The first-order valence-electron chi connectivity index (χ1n) is 24.7. The second-order valence-electron chi connectivity index (χ2n) is 17.8.